The van der Waals surface area contributed by atoms with Crippen molar-refractivity contribution in [2.75, 3.05) is 5.32 Å². The molecule has 84 valence electrons. The summed E-state index contributed by atoms with van der Waals surface area (Å²) >= 11 is 1.70. The highest BCUT2D eigenvalue weighted by Gasteiger charge is 2.06. The van der Waals surface area contributed by atoms with Gasteiger partial charge in [0.05, 0.1) is 0 Å². The van der Waals surface area contributed by atoms with Crippen molar-refractivity contribution in [3.8, 4) is 5.75 Å². The molecular weight excluding hydrogens is 218 g/mol. The number of thiophene rings is 1. The second-order valence-corrected chi connectivity index (χ2v) is 4.70. The molecule has 0 bridgehead atoms. The third-order valence-electron chi connectivity index (χ3n) is 2.62. The lowest BCUT2D eigenvalue weighted by Gasteiger charge is -2.14. The molecule has 1 unspecified atom stereocenters. The Balaban J connectivity index is 2.12. The highest BCUT2D eigenvalue weighted by atomic mass is 32.1. The van der Waals surface area contributed by atoms with E-state index in [1.165, 1.54) is 5.56 Å². The number of rotatable bonds is 3. The molecule has 1 heterocycles. The molecule has 0 aliphatic carbocycles. The van der Waals surface area contributed by atoms with Gasteiger partial charge in [-0.05, 0) is 60.0 Å². The molecule has 0 aliphatic rings. The molecule has 0 saturated carbocycles. The van der Waals surface area contributed by atoms with Gasteiger partial charge in [-0.1, -0.05) is 0 Å². The zero-order valence-corrected chi connectivity index (χ0v) is 10.2. The van der Waals surface area contributed by atoms with Crippen LogP contribution >= 0.6 is 11.3 Å². The van der Waals surface area contributed by atoms with Crippen LogP contribution in [0.15, 0.2) is 35.0 Å². The first kappa shape index (κ1) is 11.0. The number of hydrogen-bond donors (Lipinski definition) is 2. The smallest absolute Gasteiger partial charge is 0.118 e. The Morgan fingerprint density at radius 3 is 2.75 bits per heavy atom. The number of aromatic hydroxyl groups is 1. The number of phenols is 1. The molecule has 16 heavy (non-hydrogen) atoms. The van der Waals surface area contributed by atoms with Crippen LogP contribution in [0.2, 0.25) is 0 Å². The zero-order chi connectivity index (χ0) is 11.5. The second-order valence-electron chi connectivity index (χ2n) is 3.92. The van der Waals surface area contributed by atoms with Gasteiger partial charge in [0.15, 0.2) is 0 Å². The first-order valence-electron chi connectivity index (χ1n) is 5.25. The van der Waals surface area contributed by atoms with Crippen LogP contribution in [0.3, 0.4) is 0 Å². The van der Waals surface area contributed by atoms with Crippen molar-refractivity contribution < 1.29 is 5.11 Å². The number of phenolic OH excluding ortho intramolecular Hbond substituents is 1. The highest BCUT2D eigenvalue weighted by Crippen LogP contribution is 2.24. The van der Waals surface area contributed by atoms with Gasteiger partial charge in [0.1, 0.15) is 5.75 Å². The van der Waals surface area contributed by atoms with Crippen LogP contribution in [-0.2, 0) is 0 Å². The van der Waals surface area contributed by atoms with Crippen molar-refractivity contribution in [1.82, 2.24) is 0 Å². The Kier molecular flexibility index (Phi) is 3.15. The van der Waals surface area contributed by atoms with Gasteiger partial charge in [-0.3, -0.25) is 0 Å². The summed E-state index contributed by atoms with van der Waals surface area (Å²) < 4.78 is 0. The molecule has 1 aromatic carbocycles. The van der Waals surface area contributed by atoms with E-state index in [-0.39, 0.29) is 6.04 Å². The van der Waals surface area contributed by atoms with Crippen molar-refractivity contribution in [3.63, 3.8) is 0 Å². The van der Waals surface area contributed by atoms with Crippen LogP contribution in [0, 0.1) is 6.92 Å². The lowest BCUT2D eigenvalue weighted by Crippen LogP contribution is -2.05. The first-order chi connectivity index (χ1) is 7.66. The summed E-state index contributed by atoms with van der Waals surface area (Å²) in [6.07, 6.45) is 0. The maximum atomic E-state index is 9.44. The van der Waals surface area contributed by atoms with E-state index < -0.39 is 0 Å². The Morgan fingerprint density at radius 2 is 2.12 bits per heavy atom. The molecule has 0 amide bonds. The van der Waals surface area contributed by atoms with Gasteiger partial charge < -0.3 is 10.4 Å². The SMILES string of the molecule is Cc1cc(NC(C)c2ccsc2)ccc1O. The van der Waals surface area contributed by atoms with Crippen LogP contribution in [0.5, 0.6) is 5.75 Å². The van der Waals surface area contributed by atoms with E-state index in [1.807, 2.05) is 19.1 Å². The fourth-order valence-corrected chi connectivity index (χ4v) is 2.35. The third-order valence-corrected chi connectivity index (χ3v) is 3.32. The van der Waals surface area contributed by atoms with E-state index in [4.69, 9.17) is 0 Å². The predicted octanol–water partition coefficient (Wildman–Crippen LogP) is 3.94. The summed E-state index contributed by atoms with van der Waals surface area (Å²) in [4.78, 5) is 0. The summed E-state index contributed by atoms with van der Waals surface area (Å²) in [6, 6.07) is 7.98. The Bertz CT molecular complexity index is 465. The minimum absolute atomic E-state index is 0.287. The van der Waals surface area contributed by atoms with Crippen LogP contribution in [0.1, 0.15) is 24.1 Å². The Labute approximate surface area is 99.6 Å². The number of aryl methyl sites for hydroxylation is 1. The molecule has 2 rings (SSSR count). The van der Waals surface area contributed by atoms with Gasteiger partial charge in [0, 0.05) is 11.7 Å². The van der Waals surface area contributed by atoms with Crippen LogP contribution in [0.4, 0.5) is 5.69 Å². The maximum Gasteiger partial charge on any atom is 0.118 e. The largest absolute Gasteiger partial charge is 0.508 e. The lowest BCUT2D eigenvalue weighted by atomic mass is 10.1. The molecule has 1 aromatic heterocycles. The van der Waals surface area contributed by atoms with E-state index in [9.17, 15) is 5.11 Å². The van der Waals surface area contributed by atoms with Crippen LogP contribution in [0.25, 0.3) is 0 Å². The lowest BCUT2D eigenvalue weighted by molar-refractivity contribution is 0.471. The molecular formula is C13H15NOS. The van der Waals surface area contributed by atoms with E-state index in [1.54, 1.807) is 17.4 Å². The average molecular weight is 233 g/mol. The topological polar surface area (TPSA) is 32.3 Å². The fraction of sp³-hybridized carbons (Fsp3) is 0.231. The first-order valence-corrected chi connectivity index (χ1v) is 6.19. The van der Waals surface area contributed by atoms with E-state index in [0.717, 1.165) is 11.3 Å². The van der Waals surface area contributed by atoms with Crippen LogP contribution < -0.4 is 5.32 Å². The van der Waals surface area contributed by atoms with Gasteiger partial charge in [0.2, 0.25) is 0 Å². The highest BCUT2D eigenvalue weighted by molar-refractivity contribution is 7.07. The summed E-state index contributed by atoms with van der Waals surface area (Å²) in [7, 11) is 0. The standard InChI is InChI=1S/C13H15NOS/c1-9-7-12(3-4-13(9)15)14-10(2)11-5-6-16-8-11/h3-8,10,14-15H,1-2H3. The molecule has 2 aromatic rings. The van der Waals surface area contributed by atoms with Gasteiger partial charge in [-0.25, -0.2) is 0 Å². The van der Waals surface area contributed by atoms with E-state index >= 15 is 0 Å². The van der Waals surface area contributed by atoms with Gasteiger partial charge in [-0.15, -0.1) is 0 Å². The maximum absolute atomic E-state index is 9.44. The number of nitrogens with one attached hydrogen (secondary N) is 1. The molecule has 0 radical (unpaired) electrons. The number of hydrogen-bond acceptors (Lipinski definition) is 3. The summed E-state index contributed by atoms with van der Waals surface area (Å²) in [6.45, 7) is 4.03. The summed E-state index contributed by atoms with van der Waals surface area (Å²) in [5.74, 6) is 0.341. The Hall–Kier alpha value is -1.48. The monoisotopic (exact) mass is 233 g/mol. The quantitative estimate of drug-likeness (QED) is 0.787. The minimum atomic E-state index is 0.287. The van der Waals surface area contributed by atoms with Crippen molar-refractivity contribution >= 4 is 17.0 Å². The van der Waals surface area contributed by atoms with Crippen molar-refractivity contribution in [1.29, 1.82) is 0 Å². The molecule has 0 saturated heterocycles. The van der Waals surface area contributed by atoms with Crippen molar-refractivity contribution in [2.24, 2.45) is 0 Å². The summed E-state index contributed by atoms with van der Waals surface area (Å²) in [5, 5.41) is 17.1. The van der Waals surface area contributed by atoms with Gasteiger partial charge >= 0.3 is 0 Å². The normalized spacial score (nSPS) is 12.4. The van der Waals surface area contributed by atoms with Crippen LogP contribution in [-0.4, -0.2) is 5.11 Å². The molecule has 2 N–H and O–H groups in total. The molecule has 0 aliphatic heterocycles. The molecule has 2 nitrogen and oxygen atoms in total. The summed E-state index contributed by atoms with van der Waals surface area (Å²) in [5.41, 5.74) is 3.22. The van der Waals surface area contributed by atoms with Gasteiger partial charge in [0.25, 0.3) is 0 Å². The molecule has 0 spiro atoms. The third kappa shape index (κ3) is 2.36. The van der Waals surface area contributed by atoms with Crippen molar-refractivity contribution in [3.05, 3.63) is 46.2 Å². The van der Waals surface area contributed by atoms with Crippen molar-refractivity contribution in [2.45, 2.75) is 19.9 Å². The van der Waals surface area contributed by atoms with E-state index in [0.29, 0.717) is 5.75 Å². The minimum Gasteiger partial charge on any atom is -0.508 e. The Morgan fingerprint density at radius 1 is 1.31 bits per heavy atom. The average Bonchev–Trinajstić information content (AvgIpc) is 2.77. The fourth-order valence-electron chi connectivity index (χ4n) is 1.60. The number of anilines is 1. The van der Waals surface area contributed by atoms with Gasteiger partial charge in [-0.2, -0.15) is 11.3 Å². The zero-order valence-electron chi connectivity index (χ0n) is 9.40. The molecule has 0 fully saturated rings. The predicted molar refractivity (Wildman–Crippen MR) is 69.2 cm³/mol. The molecule has 1 atom stereocenters. The number of benzene rings is 1. The second kappa shape index (κ2) is 4.58. The molecule has 3 heteroatoms. The van der Waals surface area contributed by atoms with E-state index in [2.05, 4.69) is 29.1 Å².